The summed E-state index contributed by atoms with van der Waals surface area (Å²) >= 11 is 0. The van der Waals surface area contributed by atoms with Crippen LogP contribution in [-0.2, 0) is 4.74 Å². The summed E-state index contributed by atoms with van der Waals surface area (Å²) in [5.41, 5.74) is 0. The van der Waals surface area contributed by atoms with Crippen molar-refractivity contribution in [2.45, 2.75) is 39.2 Å². The SMILES string of the molecule is CC1CC[C@@H]2[C@H](C1)OC[C@@H]2C. The molecular weight excluding hydrogens is 136 g/mol. The summed E-state index contributed by atoms with van der Waals surface area (Å²) in [6, 6.07) is 0. The van der Waals surface area contributed by atoms with Gasteiger partial charge in [-0.2, -0.15) is 0 Å². The van der Waals surface area contributed by atoms with Crippen molar-refractivity contribution in [3.63, 3.8) is 0 Å². The Morgan fingerprint density at radius 2 is 2.00 bits per heavy atom. The van der Waals surface area contributed by atoms with Crippen LogP contribution in [0, 0.1) is 17.8 Å². The summed E-state index contributed by atoms with van der Waals surface area (Å²) in [5, 5.41) is 0. The quantitative estimate of drug-likeness (QED) is 0.521. The minimum absolute atomic E-state index is 0.619. The van der Waals surface area contributed by atoms with E-state index in [0.717, 1.165) is 24.4 Å². The number of hydrogen-bond donors (Lipinski definition) is 0. The predicted octanol–water partition coefficient (Wildman–Crippen LogP) is 2.46. The average molecular weight is 154 g/mol. The Labute approximate surface area is 69.1 Å². The molecule has 0 N–H and O–H groups in total. The maximum absolute atomic E-state index is 5.74. The van der Waals surface area contributed by atoms with Crippen molar-refractivity contribution >= 4 is 0 Å². The van der Waals surface area contributed by atoms with E-state index in [1.165, 1.54) is 19.3 Å². The first-order chi connectivity index (χ1) is 5.27. The lowest BCUT2D eigenvalue weighted by Crippen LogP contribution is -2.27. The largest absolute Gasteiger partial charge is 0.378 e. The Bertz CT molecular complexity index is 144. The van der Waals surface area contributed by atoms with E-state index in [2.05, 4.69) is 13.8 Å². The molecule has 1 aliphatic carbocycles. The van der Waals surface area contributed by atoms with Gasteiger partial charge in [0.1, 0.15) is 0 Å². The summed E-state index contributed by atoms with van der Waals surface area (Å²) in [7, 11) is 0. The molecule has 1 nitrogen and oxygen atoms in total. The third-order valence-electron chi connectivity index (χ3n) is 3.41. The summed E-state index contributed by atoms with van der Waals surface area (Å²) in [6.07, 6.45) is 4.77. The van der Waals surface area contributed by atoms with E-state index < -0.39 is 0 Å². The van der Waals surface area contributed by atoms with Crippen molar-refractivity contribution in [2.75, 3.05) is 6.61 Å². The number of hydrogen-bond acceptors (Lipinski definition) is 1. The molecule has 1 heteroatoms. The van der Waals surface area contributed by atoms with Crippen LogP contribution < -0.4 is 0 Å². The Hall–Kier alpha value is -0.0400. The zero-order chi connectivity index (χ0) is 7.84. The maximum Gasteiger partial charge on any atom is 0.0609 e. The van der Waals surface area contributed by atoms with E-state index in [1.54, 1.807) is 0 Å². The summed E-state index contributed by atoms with van der Waals surface area (Å²) in [4.78, 5) is 0. The van der Waals surface area contributed by atoms with E-state index in [-0.39, 0.29) is 0 Å². The van der Waals surface area contributed by atoms with Gasteiger partial charge in [-0.25, -0.2) is 0 Å². The Morgan fingerprint density at radius 3 is 2.82 bits per heavy atom. The lowest BCUT2D eigenvalue weighted by molar-refractivity contribution is 0.0494. The average Bonchev–Trinajstić information content (AvgIpc) is 2.32. The highest BCUT2D eigenvalue weighted by molar-refractivity contribution is 4.86. The maximum atomic E-state index is 5.74. The second-order valence-corrected chi connectivity index (χ2v) is 4.43. The normalized spacial score (nSPS) is 50.7. The number of rotatable bonds is 0. The molecule has 0 aromatic rings. The molecule has 0 spiro atoms. The van der Waals surface area contributed by atoms with Crippen LogP contribution in [0.4, 0.5) is 0 Å². The van der Waals surface area contributed by atoms with Gasteiger partial charge in [0.25, 0.3) is 0 Å². The van der Waals surface area contributed by atoms with Crippen LogP contribution in [0.25, 0.3) is 0 Å². The molecule has 4 atom stereocenters. The van der Waals surface area contributed by atoms with Crippen molar-refractivity contribution in [3.05, 3.63) is 0 Å². The Kier molecular flexibility index (Phi) is 1.92. The lowest BCUT2D eigenvalue weighted by Gasteiger charge is -2.30. The third-order valence-corrected chi connectivity index (χ3v) is 3.41. The van der Waals surface area contributed by atoms with Crippen LogP contribution in [-0.4, -0.2) is 12.7 Å². The van der Waals surface area contributed by atoms with Crippen molar-refractivity contribution in [2.24, 2.45) is 17.8 Å². The highest BCUT2D eigenvalue weighted by atomic mass is 16.5. The van der Waals surface area contributed by atoms with Gasteiger partial charge in [-0.05, 0) is 30.6 Å². The van der Waals surface area contributed by atoms with Crippen LogP contribution >= 0.6 is 0 Å². The monoisotopic (exact) mass is 154 g/mol. The van der Waals surface area contributed by atoms with E-state index in [1.807, 2.05) is 0 Å². The zero-order valence-corrected chi connectivity index (χ0v) is 7.55. The van der Waals surface area contributed by atoms with Crippen molar-refractivity contribution in [3.8, 4) is 0 Å². The molecule has 1 saturated heterocycles. The molecule has 64 valence electrons. The molecule has 0 radical (unpaired) electrons. The highest BCUT2D eigenvalue weighted by Crippen LogP contribution is 2.39. The van der Waals surface area contributed by atoms with Gasteiger partial charge in [-0.1, -0.05) is 20.3 Å². The second kappa shape index (κ2) is 2.78. The molecule has 0 bridgehead atoms. The van der Waals surface area contributed by atoms with Crippen molar-refractivity contribution in [1.29, 1.82) is 0 Å². The van der Waals surface area contributed by atoms with Gasteiger partial charge in [-0.3, -0.25) is 0 Å². The molecule has 0 amide bonds. The molecule has 1 aliphatic heterocycles. The lowest BCUT2D eigenvalue weighted by atomic mass is 9.77. The third kappa shape index (κ3) is 1.31. The first-order valence-electron chi connectivity index (χ1n) is 4.89. The van der Waals surface area contributed by atoms with Crippen LogP contribution in [0.15, 0.2) is 0 Å². The van der Waals surface area contributed by atoms with Gasteiger partial charge in [0.15, 0.2) is 0 Å². The smallest absolute Gasteiger partial charge is 0.0609 e. The molecule has 1 unspecified atom stereocenters. The van der Waals surface area contributed by atoms with Gasteiger partial charge < -0.3 is 4.74 Å². The fourth-order valence-electron chi connectivity index (χ4n) is 2.59. The Morgan fingerprint density at radius 1 is 1.18 bits per heavy atom. The van der Waals surface area contributed by atoms with Crippen LogP contribution in [0.5, 0.6) is 0 Å². The molecular formula is C10H18O. The highest BCUT2D eigenvalue weighted by Gasteiger charge is 2.37. The molecule has 1 heterocycles. The van der Waals surface area contributed by atoms with Crippen LogP contribution in [0.1, 0.15) is 33.1 Å². The van der Waals surface area contributed by atoms with Crippen molar-refractivity contribution in [1.82, 2.24) is 0 Å². The minimum atomic E-state index is 0.619. The number of fused-ring (bicyclic) bond motifs is 1. The fraction of sp³-hybridized carbons (Fsp3) is 1.00. The van der Waals surface area contributed by atoms with E-state index >= 15 is 0 Å². The predicted molar refractivity (Wildman–Crippen MR) is 45.4 cm³/mol. The summed E-state index contributed by atoms with van der Waals surface area (Å²) in [6.45, 7) is 5.70. The van der Waals surface area contributed by atoms with Gasteiger partial charge in [0, 0.05) is 6.61 Å². The van der Waals surface area contributed by atoms with E-state index in [0.29, 0.717) is 6.10 Å². The van der Waals surface area contributed by atoms with Gasteiger partial charge in [-0.15, -0.1) is 0 Å². The van der Waals surface area contributed by atoms with E-state index in [4.69, 9.17) is 4.74 Å². The molecule has 2 fully saturated rings. The molecule has 2 aliphatic rings. The zero-order valence-electron chi connectivity index (χ0n) is 7.55. The molecule has 1 saturated carbocycles. The van der Waals surface area contributed by atoms with Crippen LogP contribution in [0.2, 0.25) is 0 Å². The fourth-order valence-corrected chi connectivity index (χ4v) is 2.59. The van der Waals surface area contributed by atoms with Crippen LogP contribution in [0.3, 0.4) is 0 Å². The van der Waals surface area contributed by atoms with Crippen molar-refractivity contribution < 1.29 is 4.74 Å². The molecule has 11 heavy (non-hydrogen) atoms. The van der Waals surface area contributed by atoms with Gasteiger partial charge in [0.05, 0.1) is 6.10 Å². The molecule has 0 aromatic carbocycles. The standard InChI is InChI=1S/C10H18O/c1-7-3-4-9-8(2)6-11-10(9)5-7/h7-10H,3-6H2,1-2H3/t7?,8-,9-,10-/m0/s1. The van der Waals surface area contributed by atoms with Gasteiger partial charge >= 0.3 is 0 Å². The first kappa shape index (κ1) is 7.60. The first-order valence-corrected chi connectivity index (χ1v) is 4.89. The minimum Gasteiger partial charge on any atom is -0.378 e. The number of ether oxygens (including phenoxy) is 1. The van der Waals surface area contributed by atoms with Gasteiger partial charge in [0.2, 0.25) is 0 Å². The summed E-state index contributed by atoms with van der Waals surface area (Å²) < 4.78 is 5.74. The molecule has 0 aromatic heterocycles. The summed E-state index contributed by atoms with van der Waals surface area (Å²) in [5.74, 6) is 2.63. The second-order valence-electron chi connectivity index (χ2n) is 4.43. The molecule has 2 rings (SSSR count). The Balaban J connectivity index is 2.00. The topological polar surface area (TPSA) is 9.23 Å². The van der Waals surface area contributed by atoms with E-state index in [9.17, 15) is 0 Å².